The molecule has 5 nitrogen and oxygen atoms in total. The summed E-state index contributed by atoms with van der Waals surface area (Å²) in [6.45, 7) is 2.13. The first-order chi connectivity index (χ1) is 17.0. The van der Waals surface area contributed by atoms with Crippen molar-refractivity contribution in [1.82, 2.24) is 9.80 Å². The second-order valence-electron chi connectivity index (χ2n) is 9.30. The van der Waals surface area contributed by atoms with Crippen LogP contribution in [0.1, 0.15) is 24.3 Å². The van der Waals surface area contributed by atoms with Crippen molar-refractivity contribution >= 4 is 11.7 Å². The van der Waals surface area contributed by atoms with E-state index < -0.39 is 0 Å². The van der Waals surface area contributed by atoms with Gasteiger partial charge in [-0.25, -0.2) is 13.6 Å². The van der Waals surface area contributed by atoms with Gasteiger partial charge in [-0.15, -0.1) is 0 Å². The number of aliphatic hydroxyl groups excluding tert-OH is 1. The van der Waals surface area contributed by atoms with Crippen LogP contribution in [-0.4, -0.2) is 59.3 Å². The number of hydrogen-bond donors (Lipinski definition) is 2. The Balaban J connectivity index is 1.34. The molecule has 0 aliphatic carbocycles. The Morgan fingerprint density at radius 3 is 2.37 bits per heavy atom. The maximum Gasteiger partial charge on any atom is 0.321 e. The molecule has 3 aromatic rings. The molecule has 35 heavy (non-hydrogen) atoms. The average molecular weight is 478 g/mol. The van der Waals surface area contributed by atoms with Crippen LogP contribution in [0.5, 0.6) is 0 Å². The van der Waals surface area contributed by atoms with Crippen LogP contribution >= 0.6 is 0 Å². The molecule has 2 N–H and O–H groups in total. The zero-order valence-electron chi connectivity index (χ0n) is 19.4. The van der Waals surface area contributed by atoms with E-state index in [1.165, 1.54) is 24.3 Å². The van der Waals surface area contributed by atoms with Crippen LogP contribution in [0, 0.1) is 11.6 Å². The van der Waals surface area contributed by atoms with Gasteiger partial charge in [-0.05, 0) is 72.5 Å². The normalized spacial score (nSPS) is 22.5. The van der Waals surface area contributed by atoms with Crippen molar-refractivity contribution in [3.63, 3.8) is 0 Å². The van der Waals surface area contributed by atoms with Crippen LogP contribution in [0.15, 0.2) is 72.8 Å². The molecule has 5 rings (SSSR count). The minimum atomic E-state index is -0.347. The molecule has 2 saturated heterocycles. The Morgan fingerprint density at radius 2 is 1.66 bits per heavy atom. The number of rotatable bonds is 4. The van der Waals surface area contributed by atoms with Crippen LogP contribution in [0.25, 0.3) is 11.1 Å². The highest BCUT2D eigenvalue weighted by molar-refractivity contribution is 5.89. The molecule has 2 amide bonds. The van der Waals surface area contributed by atoms with Gasteiger partial charge in [0.2, 0.25) is 0 Å². The fourth-order valence-electron chi connectivity index (χ4n) is 5.43. The highest BCUT2D eigenvalue weighted by Crippen LogP contribution is 2.42. The van der Waals surface area contributed by atoms with Gasteiger partial charge in [0, 0.05) is 36.8 Å². The van der Waals surface area contributed by atoms with E-state index in [-0.39, 0.29) is 42.3 Å². The number of fused-ring (bicyclic) bond motifs is 1. The smallest absolute Gasteiger partial charge is 0.321 e. The van der Waals surface area contributed by atoms with Crippen molar-refractivity contribution in [2.75, 3.05) is 31.6 Å². The molecule has 0 radical (unpaired) electrons. The summed E-state index contributed by atoms with van der Waals surface area (Å²) in [5, 5.41) is 13.0. The molecular formula is C28H29F2N3O2. The lowest BCUT2D eigenvalue weighted by molar-refractivity contribution is -0.0585. The second-order valence-corrected chi connectivity index (χ2v) is 9.30. The van der Waals surface area contributed by atoms with Crippen molar-refractivity contribution in [2.24, 2.45) is 0 Å². The second kappa shape index (κ2) is 10.1. The molecule has 0 aromatic heterocycles. The number of hydrogen-bond acceptors (Lipinski definition) is 3. The SMILES string of the molecule is O=C(Nc1ccc(F)cc1)N1CCCCN2[C@H](C1)[C@@H](c1ccc(-c3cccc(F)c3)cc1)[C@@H]2CO. The zero-order chi connectivity index (χ0) is 24.4. The predicted octanol–water partition coefficient (Wildman–Crippen LogP) is 5.09. The molecule has 2 heterocycles. The van der Waals surface area contributed by atoms with E-state index in [0.29, 0.717) is 18.8 Å². The highest BCUT2D eigenvalue weighted by Gasteiger charge is 2.49. The number of halogens is 2. The molecular weight excluding hydrogens is 448 g/mol. The fraction of sp³-hybridized carbons (Fsp3) is 0.321. The first-order valence-electron chi connectivity index (χ1n) is 12.1. The predicted molar refractivity (Wildman–Crippen MR) is 132 cm³/mol. The summed E-state index contributed by atoms with van der Waals surface area (Å²) in [5.74, 6) is -0.531. The van der Waals surface area contributed by atoms with Crippen LogP contribution in [0.3, 0.4) is 0 Å². The van der Waals surface area contributed by atoms with Crippen molar-refractivity contribution in [3.05, 3.63) is 90.0 Å². The molecule has 3 aromatic carbocycles. The molecule has 0 bridgehead atoms. The Labute approximate surface area is 204 Å². The van der Waals surface area contributed by atoms with Crippen molar-refractivity contribution < 1.29 is 18.7 Å². The summed E-state index contributed by atoms with van der Waals surface area (Å²) in [6.07, 6.45) is 1.82. The van der Waals surface area contributed by atoms with Gasteiger partial charge in [0.15, 0.2) is 0 Å². The maximum atomic E-state index is 13.6. The number of urea groups is 1. The molecule has 7 heteroatoms. The van der Waals surface area contributed by atoms with Gasteiger partial charge < -0.3 is 15.3 Å². The number of carbonyl (C=O) groups is 1. The highest BCUT2D eigenvalue weighted by atomic mass is 19.1. The number of carbonyl (C=O) groups excluding carboxylic acids is 1. The third-order valence-electron chi connectivity index (χ3n) is 7.21. The quantitative estimate of drug-likeness (QED) is 0.551. The Morgan fingerprint density at radius 1 is 0.914 bits per heavy atom. The maximum absolute atomic E-state index is 13.6. The standard InChI is InChI=1S/C28H29F2N3O2/c29-22-10-12-24(13-11-22)31-28(35)32-14-1-2-15-33-25(17-32)27(26(33)18-34)20-8-6-19(7-9-20)21-4-3-5-23(30)16-21/h3-13,16,25-27,34H,1-2,14-15,17-18H2,(H,31,35)/t25-,26+,27-/m1/s1. The molecule has 3 atom stereocenters. The summed E-state index contributed by atoms with van der Waals surface area (Å²) in [5.41, 5.74) is 3.41. The Kier molecular flexibility index (Phi) is 6.79. The van der Waals surface area contributed by atoms with E-state index in [2.05, 4.69) is 10.2 Å². The zero-order valence-corrected chi connectivity index (χ0v) is 19.4. The monoisotopic (exact) mass is 477 g/mol. The first kappa shape index (κ1) is 23.5. The van der Waals surface area contributed by atoms with E-state index in [1.54, 1.807) is 18.2 Å². The van der Waals surface area contributed by atoms with E-state index in [1.807, 2.05) is 35.2 Å². The van der Waals surface area contributed by atoms with Crippen LogP contribution in [0.4, 0.5) is 19.3 Å². The molecule has 0 unspecified atom stereocenters. The Hall–Kier alpha value is -3.29. The summed E-state index contributed by atoms with van der Waals surface area (Å²) in [7, 11) is 0. The summed E-state index contributed by atoms with van der Waals surface area (Å²) >= 11 is 0. The summed E-state index contributed by atoms with van der Waals surface area (Å²) in [4.78, 5) is 17.2. The van der Waals surface area contributed by atoms with Crippen molar-refractivity contribution in [2.45, 2.75) is 30.8 Å². The minimum Gasteiger partial charge on any atom is -0.395 e. The number of aliphatic hydroxyl groups is 1. The summed E-state index contributed by atoms with van der Waals surface area (Å²) < 4.78 is 26.9. The number of amides is 2. The lowest BCUT2D eigenvalue weighted by Gasteiger charge is -2.57. The van der Waals surface area contributed by atoms with Gasteiger partial charge in [-0.3, -0.25) is 4.90 Å². The van der Waals surface area contributed by atoms with Gasteiger partial charge in [-0.1, -0.05) is 36.4 Å². The van der Waals surface area contributed by atoms with E-state index in [0.717, 1.165) is 36.1 Å². The first-order valence-corrected chi connectivity index (χ1v) is 12.1. The van der Waals surface area contributed by atoms with Crippen LogP contribution in [-0.2, 0) is 0 Å². The molecule has 2 aliphatic heterocycles. The van der Waals surface area contributed by atoms with Crippen LogP contribution < -0.4 is 5.32 Å². The van der Waals surface area contributed by atoms with Crippen molar-refractivity contribution in [1.29, 1.82) is 0 Å². The average Bonchev–Trinajstić information content (AvgIpc) is 2.85. The van der Waals surface area contributed by atoms with Crippen LogP contribution in [0.2, 0.25) is 0 Å². The number of benzene rings is 3. The lowest BCUT2D eigenvalue weighted by atomic mass is 9.74. The van der Waals surface area contributed by atoms with Gasteiger partial charge in [0.05, 0.1) is 6.61 Å². The number of nitrogens with one attached hydrogen (secondary N) is 1. The molecule has 0 spiro atoms. The summed E-state index contributed by atoms with van der Waals surface area (Å²) in [6, 6.07) is 20.2. The van der Waals surface area contributed by atoms with E-state index in [9.17, 15) is 18.7 Å². The molecule has 0 saturated carbocycles. The fourth-order valence-corrected chi connectivity index (χ4v) is 5.43. The Bertz CT molecular complexity index is 1170. The largest absolute Gasteiger partial charge is 0.395 e. The molecule has 182 valence electrons. The molecule has 2 aliphatic rings. The van der Waals surface area contributed by atoms with Gasteiger partial charge in [0.25, 0.3) is 0 Å². The lowest BCUT2D eigenvalue weighted by Crippen LogP contribution is -2.68. The van der Waals surface area contributed by atoms with Gasteiger partial charge in [-0.2, -0.15) is 0 Å². The number of nitrogens with zero attached hydrogens (tertiary/aromatic N) is 2. The van der Waals surface area contributed by atoms with E-state index >= 15 is 0 Å². The third kappa shape index (κ3) is 4.92. The van der Waals surface area contributed by atoms with Gasteiger partial charge in [0.1, 0.15) is 11.6 Å². The third-order valence-corrected chi connectivity index (χ3v) is 7.21. The van der Waals surface area contributed by atoms with Crippen molar-refractivity contribution in [3.8, 4) is 11.1 Å². The van der Waals surface area contributed by atoms with Gasteiger partial charge >= 0.3 is 6.03 Å². The van der Waals surface area contributed by atoms with E-state index in [4.69, 9.17) is 0 Å². The molecule has 2 fully saturated rings. The number of anilines is 1. The topological polar surface area (TPSA) is 55.8 Å². The minimum absolute atomic E-state index is 0.000120.